The molecule has 2 unspecified atom stereocenters. The number of unbranched alkanes of at least 4 members (excludes halogenated alkanes) is 2. The second kappa shape index (κ2) is 16.4. The molecule has 0 saturated carbocycles. The SMILES string of the molecule is CCCCN1C(=O)NC(=O)C(Cc2ccc(C)c(OC)c2)C1=O.CCCCN1C(=O)NC(=O)C(Cc2ccc(OC)cc2)C1=O. The molecule has 0 bridgehead atoms. The summed E-state index contributed by atoms with van der Waals surface area (Å²) < 4.78 is 10.3. The second-order valence-electron chi connectivity index (χ2n) is 10.9. The van der Waals surface area contributed by atoms with Crippen LogP contribution in [0.3, 0.4) is 0 Å². The standard InChI is InChI=1S/C17H22N2O4.C16H20N2O4/c1-4-5-8-19-16(21)13(15(20)18-17(19)22)9-12-7-6-11(2)14(10-12)23-3;1-3-4-9-18-15(20)13(14(19)17-16(18)21)10-11-5-7-12(22-2)8-6-11/h6-7,10,13H,4-5,8-9H2,1-3H3,(H,18,20,22);5-8,13H,3-4,9-10H2,1-2H3,(H,17,19,21). The summed E-state index contributed by atoms with van der Waals surface area (Å²) in [7, 11) is 3.15. The highest BCUT2D eigenvalue weighted by Gasteiger charge is 2.41. The van der Waals surface area contributed by atoms with Crippen molar-refractivity contribution in [2.24, 2.45) is 11.8 Å². The Balaban J connectivity index is 0.000000246. The third kappa shape index (κ3) is 8.90. The molecular formula is C33H42N4O8. The number of ether oxygens (including phenoxy) is 2. The minimum Gasteiger partial charge on any atom is -0.497 e. The van der Waals surface area contributed by atoms with Crippen LogP contribution < -0.4 is 20.1 Å². The Bertz CT molecular complexity index is 1410. The molecule has 2 aromatic carbocycles. The molecule has 45 heavy (non-hydrogen) atoms. The molecule has 2 fully saturated rings. The lowest BCUT2D eigenvalue weighted by molar-refractivity contribution is -0.144. The van der Waals surface area contributed by atoms with Gasteiger partial charge in [0.05, 0.1) is 14.2 Å². The lowest BCUT2D eigenvalue weighted by Gasteiger charge is -2.30. The van der Waals surface area contributed by atoms with Gasteiger partial charge >= 0.3 is 12.1 Å². The van der Waals surface area contributed by atoms with E-state index in [1.807, 2.05) is 51.1 Å². The highest BCUT2D eigenvalue weighted by molar-refractivity contribution is 6.17. The molecule has 0 spiro atoms. The minimum absolute atomic E-state index is 0.247. The van der Waals surface area contributed by atoms with Gasteiger partial charge in [-0.05, 0) is 67.5 Å². The number of aryl methyl sites for hydroxylation is 1. The zero-order valence-corrected chi connectivity index (χ0v) is 26.5. The van der Waals surface area contributed by atoms with Crippen molar-refractivity contribution in [2.75, 3.05) is 27.3 Å². The summed E-state index contributed by atoms with van der Waals surface area (Å²) in [5.74, 6) is -2.22. The normalized spacial score (nSPS) is 18.2. The molecule has 2 saturated heterocycles. The van der Waals surface area contributed by atoms with Crippen LogP contribution in [0, 0.1) is 18.8 Å². The maximum Gasteiger partial charge on any atom is 0.330 e. The number of benzene rings is 2. The van der Waals surface area contributed by atoms with E-state index in [2.05, 4.69) is 10.6 Å². The number of hydrogen-bond acceptors (Lipinski definition) is 8. The third-order valence-electron chi connectivity index (χ3n) is 7.69. The number of nitrogens with zero attached hydrogens (tertiary/aromatic N) is 2. The average molecular weight is 623 g/mol. The number of imide groups is 4. The van der Waals surface area contributed by atoms with Crippen molar-refractivity contribution in [1.29, 1.82) is 0 Å². The first-order valence-electron chi connectivity index (χ1n) is 15.1. The van der Waals surface area contributed by atoms with Crippen molar-refractivity contribution < 1.29 is 38.2 Å². The third-order valence-corrected chi connectivity index (χ3v) is 7.69. The molecule has 2 aliphatic heterocycles. The summed E-state index contributed by atoms with van der Waals surface area (Å²) in [6, 6.07) is 11.5. The van der Waals surface area contributed by atoms with E-state index in [0.717, 1.165) is 52.2 Å². The molecule has 12 nitrogen and oxygen atoms in total. The Morgan fingerprint density at radius 3 is 1.58 bits per heavy atom. The quantitative estimate of drug-likeness (QED) is 0.340. The van der Waals surface area contributed by atoms with Gasteiger partial charge in [0.25, 0.3) is 0 Å². The Labute approximate surface area is 263 Å². The maximum atomic E-state index is 12.5. The van der Waals surface area contributed by atoms with Crippen molar-refractivity contribution >= 4 is 35.7 Å². The fraction of sp³-hybridized carbons (Fsp3) is 0.455. The van der Waals surface area contributed by atoms with Crippen molar-refractivity contribution in [3.05, 3.63) is 59.2 Å². The molecule has 2 aliphatic rings. The van der Waals surface area contributed by atoms with Crippen molar-refractivity contribution in [2.45, 2.75) is 59.3 Å². The molecule has 4 rings (SSSR count). The Hall–Kier alpha value is -4.74. The van der Waals surface area contributed by atoms with E-state index >= 15 is 0 Å². The van der Waals surface area contributed by atoms with Gasteiger partial charge < -0.3 is 9.47 Å². The van der Waals surface area contributed by atoms with Crippen LogP contribution in [0.5, 0.6) is 11.5 Å². The van der Waals surface area contributed by atoms with Crippen LogP contribution in [0.25, 0.3) is 0 Å². The summed E-state index contributed by atoms with van der Waals surface area (Å²) >= 11 is 0. The predicted molar refractivity (Wildman–Crippen MR) is 165 cm³/mol. The molecule has 2 aromatic rings. The van der Waals surface area contributed by atoms with Gasteiger partial charge in [-0.25, -0.2) is 9.59 Å². The van der Waals surface area contributed by atoms with Crippen molar-refractivity contribution in [3.8, 4) is 11.5 Å². The van der Waals surface area contributed by atoms with Crippen LogP contribution in [0.2, 0.25) is 0 Å². The molecule has 2 atom stereocenters. The molecule has 12 heteroatoms. The first-order valence-corrected chi connectivity index (χ1v) is 15.1. The van der Waals surface area contributed by atoms with Crippen molar-refractivity contribution in [3.63, 3.8) is 0 Å². The summed E-state index contributed by atoms with van der Waals surface area (Å²) in [6.45, 7) is 6.56. The van der Waals surface area contributed by atoms with Crippen LogP contribution >= 0.6 is 0 Å². The summed E-state index contributed by atoms with van der Waals surface area (Å²) in [6.07, 6.45) is 3.70. The first-order chi connectivity index (χ1) is 21.5. The topological polar surface area (TPSA) is 151 Å². The van der Waals surface area contributed by atoms with Gasteiger partial charge in [-0.15, -0.1) is 0 Å². The highest BCUT2D eigenvalue weighted by atomic mass is 16.5. The molecule has 0 aromatic heterocycles. The highest BCUT2D eigenvalue weighted by Crippen LogP contribution is 2.23. The van der Waals surface area contributed by atoms with E-state index in [0.29, 0.717) is 24.6 Å². The van der Waals surface area contributed by atoms with Gasteiger partial charge in [-0.1, -0.05) is 51.0 Å². The maximum absolute atomic E-state index is 12.5. The largest absolute Gasteiger partial charge is 0.497 e. The zero-order valence-electron chi connectivity index (χ0n) is 26.5. The average Bonchev–Trinajstić information content (AvgIpc) is 3.02. The minimum atomic E-state index is -0.878. The number of amides is 8. The molecule has 8 amide bonds. The Morgan fingerprint density at radius 1 is 0.667 bits per heavy atom. The predicted octanol–water partition coefficient (Wildman–Crippen LogP) is 3.77. The molecule has 0 aliphatic carbocycles. The second-order valence-corrected chi connectivity index (χ2v) is 10.9. The molecular weight excluding hydrogens is 580 g/mol. The number of barbiturate groups is 2. The lowest BCUT2D eigenvalue weighted by Crippen LogP contribution is -2.58. The molecule has 0 radical (unpaired) electrons. The molecule has 2 N–H and O–H groups in total. The summed E-state index contributed by atoms with van der Waals surface area (Å²) in [5.41, 5.74) is 2.65. The van der Waals surface area contributed by atoms with E-state index in [-0.39, 0.29) is 12.8 Å². The van der Waals surface area contributed by atoms with E-state index in [1.54, 1.807) is 26.4 Å². The van der Waals surface area contributed by atoms with Gasteiger partial charge in [0.1, 0.15) is 23.3 Å². The van der Waals surface area contributed by atoms with Crippen LogP contribution in [-0.2, 0) is 32.0 Å². The van der Waals surface area contributed by atoms with E-state index in [4.69, 9.17) is 9.47 Å². The fourth-order valence-electron chi connectivity index (χ4n) is 4.96. The van der Waals surface area contributed by atoms with E-state index in [1.165, 1.54) is 0 Å². The fourth-order valence-corrected chi connectivity index (χ4v) is 4.96. The summed E-state index contributed by atoms with van der Waals surface area (Å²) in [5, 5.41) is 4.54. The van der Waals surface area contributed by atoms with Crippen LogP contribution in [-0.4, -0.2) is 72.8 Å². The van der Waals surface area contributed by atoms with Crippen LogP contribution in [0.1, 0.15) is 56.2 Å². The number of carbonyl (C=O) groups is 6. The lowest BCUT2D eigenvalue weighted by atomic mass is 9.94. The number of nitrogens with one attached hydrogen (secondary N) is 2. The number of hydrogen-bond donors (Lipinski definition) is 2. The number of urea groups is 2. The molecule has 242 valence electrons. The van der Waals surface area contributed by atoms with Crippen LogP contribution in [0.4, 0.5) is 9.59 Å². The Morgan fingerprint density at radius 2 is 1.13 bits per heavy atom. The van der Waals surface area contributed by atoms with Gasteiger partial charge in [0.2, 0.25) is 23.6 Å². The monoisotopic (exact) mass is 622 g/mol. The van der Waals surface area contributed by atoms with Crippen molar-refractivity contribution in [1.82, 2.24) is 20.4 Å². The van der Waals surface area contributed by atoms with Crippen LogP contribution in [0.15, 0.2) is 42.5 Å². The smallest absolute Gasteiger partial charge is 0.330 e. The summed E-state index contributed by atoms with van der Waals surface area (Å²) in [4.78, 5) is 74.8. The molecule has 2 heterocycles. The number of methoxy groups -OCH3 is 2. The zero-order chi connectivity index (χ0) is 33.1. The number of rotatable bonds is 12. The first kappa shape index (κ1) is 34.7. The Kier molecular flexibility index (Phi) is 12.6. The van der Waals surface area contributed by atoms with Gasteiger partial charge in [-0.2, -0.15) is 0 Å². The van der Waals surface area contributed by atoms with E-state index in [9.17, 15) is 28.8 Å². The van der Waals surface area contributed by atoms with E-state index < -0.39 is 47.5 Å². The van der Waals surface area contributed by atoms with Gasteiger partial charge in [0, 0.05) is 13.1 Å². The number of carbonyl (C=O) groups excluding carboxylic acids is 6. The van der Waals surface area contributed by atoms with Gasteiger partial charge in [0.15, 0.2) is 0 Å². The van der Waals surface area contributed by atoms with Gasteiger partial charge in [-0.3, -0.25) is 39.6 Å².